The molecule has 0 aliphatic carbocycles. The zero-order chi connectivity index (χ0) is 12.1. The molecule has 0 aliphatic rings. The first kappa shape index (κ1) is 12.4. The molecule has 4 nitrogen and oxygen atoms in total. The molecule has 0 radical (unpaired) electrons. The van der Waals surface area contributed by atoms with E-state index in [0.717, 1.165) is 29.8 Å². The first-order valence-electron chi connectivity index (χ1n) is 5.39. The van der Waals surface area contributed by atoms with E-state index < -0.39 is 0 Å². The fourth-order valence-electron chi connectivity index (χ4n) is 1.69. The second-order valence-corrected chi connectivity index (χ2v) is 3.91. The summed E-state index contributed by atoms with van der Waals surface area (Å²) in [6.07, 6.45) is 1.11. The number of aryl methyl sites for hydroxylation is 1. The Balaban J connectivity index is 2.99. The van der Waals surface area contributed by atoms with Gasteiger partial charge in [-0.15, -0.1) is 0 Å². The van der Waals surface area contributed by atoms with Crippen molar-refractivity contribution < 1.29 is 5.21 Å². The van der Waals surface area contributed by atoms with Crippen LogP contribution in [0.5, 0.6) is 0 Å². The third kappa shape index (κ3) is 2.66. The molecule has 0 heterocycles. The predicted molar refractivity (Wildman–Crippen MR) is 67.3 cm³/mol. The number of hydrogen-bond acceptors (Lipinski definition) is 3. The van der Waals surface area contributed by atoms with E-state index >= 15 is 0 Å². The Morgan fingerprint density at radius 2 is 2.19 bits per heavy atom. The highest BCUT2D eigenvalue weighted by Crippen LogP contribution is 2.18. The lowest BCUT2D eigenvalue weighted by molar-refractivity contribution is 0.318. The molecule has 0 fully saturated rings. The van der Waals surface area contributed by atoms with Crippen LogP contribution in [-0.4, -0.2) is 24.6 Å². The Kier molecular flexibility index (Phi) is 4.17. The van der Waals surface area contributed by atoms with E-state index in [2.05, 4.69) is 24.0 Å². The highest BCUT2D eigenvalue weighted by atomic mass is 16.4. The quantitative estimate of drug-likeness (QED) is 0.353. The van der Waals surface area contributed by atoms with Crippen LogP contribution in [0, 0.1) is 6.92 Å². The van der Waals surface area contributed by atoms with Gasteiger partial charge in [-0.1, -0.05) is 12.1 Å². The Hall–Kier alpha value is -1.71. The number of anilines is 1. The average Bonchev–Trinajstić information content (AvgIpc) is 2.28. The second kappa shape index (κ2) is 5.39. The summed E-state index contributed by atoms with van der Waals surface area (Å²) >= 11 is 0. The van der Waals surface area contributed by atoms with E-state index in [4.69, 9.17) is 10.9 Å². The van der Waals surface area contributed by atoms with Crippen LogP contribution in [0.4, 0.5) is 5.69 Å². The molecular formula is C12H19N3O. The molecular weight excluding hydrogens is 202 g/mol. The van der Waals surface area contributed by atoms with E-state index in [9.17, 15) is 0 Å². The summed E-state index contributed by atoms with van der Waals surface area (Å²) in [7, 11) is 2.06. The van der Waals surface area contributed by atoms with Crippen LogP contribution in [0.1, 0.15) is 24.5 Å². The lowest BCUT2D eigenvalue weighted by Crippen LogP contribution is -2.19. The van der Waals surface area contributed by atoms with Crippen LogP contribution in [0.3, 0.4) is 0 Å². The number of hydrogen-bond donors (Lipinski definition) is 2. The largest absolute Gasteiger partial charge is 0.409 e. The number of benzene rings is 1. The predicted octanol–water partition coefficient (Wildman–Crippen LogP) is 1.94. The van der Waals surface area contributed by atoms with Crippen LogP contribution in [0.2, 0.25) is 0 Å². The van der Waals surface area contributed by atoms with Gasteiger partial charge in [0.2, 0.25) is 0 Å². The van der Waals surface area contributed by atoms with Gasteiger partial charge in [0.25, 0.3) is 0 Å². The van der Waals surface area contributed by atoms with E-state index in [0.29, 0.717) is 0 Å². The van der Waals surface area contributed by atoms with Gasteiger partial charge in [-0.05, 0) is 37.1 Å². The Morgan fingerprint density at radius 3 is 2.69 bits per heavy atom. The van der Waals surface area contributed by atoms with Crippen molar-refractivity contribution in [2.24, 2.45) is 10.9 Å². The van der Waals surface area contributed by atoms with Gasteiger partial charge in [-0.3, -0.25) is 0 Å². The number of nitrogens with two attached hydrogens (primary N) is 1. The van der Waals surface area contributed by atoms with Gasteiger partial charge in [0.05, 0.1) is 0 Å². The maximum absolute atomic E-state index is 8.63. The van der Waals surface area contributed by atoms with Crippen molar-refractivity contribution in [1.82, 2.24) is 0 Å². The van der Waals surface area contributed by atoms with Gasteiger partial charge in [-0.2, -0.15) is 0 Å². The molecule has 0 amide bonds. The number of rotatable bonds is 4. The van der Waals surface area contributed by atoms with E-state index in [1.54, 1.807) is 0 Å². The lowest BCUT2D eigenvalue weighted by Gasteiger charge is -2.19. The zero-order valence-corrected chi connectivity index (χ0v) is 10.1. The molecule has 88 valence electrons. The van der Waals surface area contributed by atoms with Crippen molar-refractivity contribution in [3.8, 4) is 0 Å². The zero-order valence-electron chi connectivity index (χ0n) is 10.1. The molecule has 0 atom stereocenters. The topological polar surface area (TPSA) is 61.8 Å². The monoisotopic (exact) mass is 221 g/mol. The second-order valence-electron chi connectivity index (χ2n) is 3.91. The van der Waals surface area contributed by atoms with Crippen molar-refractivity contribution >= 4 is 11.5 Å². The minimum absolute atomic E-state index is 0.155. The summed E-state index contributed by atoms with van der Waals surface area (Å²) in [6, 6.07) is 5.91. The van der Waals surface area contributed by atoms with Gasteiger partial charge in [0.15, 0.2) is 5.84 Å². The smallest absolute Gasteiger partial charge is 0.170 e. The van der Waals surface area contributed by atoms with Gasteiger partial charge >= 0.3 is 0 Å². The molecule has 0 spiro atoms. The molecule has 0 unspecified atom stereocenters. The minimum Gasteiger partial charge on any atom is -0.409 e. The molecule has 3 N–H and O–H groups in total. The fourth-order valence-corrected chi connectivity index (χ4v) is 1.69. The molecule has 0 aromatic heterocycles. The number of amidine groups is 1. The Morgan fingerprint density at radius 1 is 1.50 bits per heavy atom. The lowest BCUT2D eigenvalue weighted by atomic mass is 10.1. The van der Waals surface area contributed by atoms with Crippen LogP contribution in [0.15, 0.2) is 23.4 Å². The Labute approximate surface area is 96.4 Å². The molecule has 0 bridgehead atoms. The van der Waals surface area contributed by atoms with Crippen molar-refractivity contribution in [2.45, 2.75) is 20.3 Å². The van der Waals surface area contributed by atoms with Crippen LogP contribution in [0.25, 0.3) is 0 Å². The van der Waals surface area contributed by atoms with E-state index in [-0.39, 0.29) is 5.84 Å². The molecule has 16 heavy (non-hydrogen) atoms. The molecule has 0 saturated heterocycles. The summed E-state index contributed by atoms with van der Waals surface area (Å²) in [5.41, 5.74) is 8.50. The molecule has 1 aromatic carbocycles. The van der Waals surface area contributed by atoms with Crippen LogP contribution in [-0.2, 0) is 0 Å². The molecule has 0 aliphatic heterocycles. The number of oxime groups is 1. The van der Waals surface area contributed by atoms with E-state index in [1.807, 2.05) is 25.1 Å². The Bertz CT molecular complexity index is 388. The van der Waals surface area contributed by atoms with E-state index in [1.165, 1.54) is 0 Å². The maximum Gasteiger partial charge on any atom is 0.170 e. The van der Waals surface area contributed by atoms with Gasteiger partial charge in [-0.25, -0.2) is 0 Å². The van der Waals surface area contributed by atoms with Gasteiger partial charge < -0.3 is 15.8 Å². The normalized spacial score (nSPS) is 11.6. The minimum atomic E-state index is 0.155. The highest BCUT2D eigenvalue weighted by Gasteiger charge is 2.06. The third-order valence-corrected chi connectivity index (χ3v) is 2.59. The first-order chi connectivity index (χ1) is 7.60. The summed E-state index contributed by atoms with van der Waals surface area (Å²) in [4.78, 5) is 2.18. The first-order valence-corrected chi connectivity index (χ1v) is 5.39. The van der Waals surface area contributed by atoms with Crippen molar-refractivity contribution in [3.63, 3.8) is 0 Å². The van der Waals surface area contributed by atoms with Crippen molar-refractivity contribution in [3.05, 3.63) is 29.3 Å². The van der Waals surface area contributed by atoms with Crippen molar-refractivity contribution in [2.75, 3.05) is 18.5 Å². The number of nitrogens with zero attached hydrogens (tertiary/aromatic N) is 2. The third-order valence-electron chi connectivity index (χ3n) is 2.59. The molecule has 4 heteroatoms. The highest BCUT2D eigenvalue weighted by molar-refractivity contribution is 5.98. The van der Waals surface area contributed by atoms with Crippen LogP contribution < -0.4 is 10.6 Å². The summed E-state index contributed by atoms with van der Waals surface area (Å²) < 4.78 is 0. The standard InChI is InChI=1S/C12H19N3O/c1-4-7-15(3)10-5-6-11(9(2)8-10)12(13)14-16/h5-6,8,16H,4,7H2,1-3H3,(H2,13,14). The average molecular weight is 221 g/mol. The SMILES string of the molecule is CCCN(C)c1ccc(/C(N)=N/O)c(C)c1. The van der Waals surface area contributed by atoms with Gasteiger partial charge in [0.1, 0.15) is 0 Å². The van der Waals surface area contributed by atoms with Gasteiger partial charge in [0, 0.05) is 24.8 Å². The summed E-state index contributed by atoms with van der Waals surface area (Å²) in [5.74, 6) is 0.155. The molecule has 1 rings (SSSR count). The maximum atomic E-state index is 8.63. The van der Waals surface area contributed by atoms with Crippen molar-refractivity contribution in [1.29, 1.82) is 0 Å². The summed E-state index contributed by atoms with van der Waals surface area (Å²) in [6.45, 7) is 5.12. The fraction of sp³-hybridized carbons (Fsp3) is 0.417. The molecule has 1 aromatic rings. The van der Waals surface area contributed by atoms with Crippen LogP contribution >= 0.6 is 0 Å². The molecule has 0 saturated carbocycles. The summed E-state index contributed by atoms with van der Waals surface area (Å²) in [5, 5.41) is 11.6.